The van der Waals surface area contributed by atoms with Crippen molar-refractivity contribution in [3.63, 3.8) is 0 Å². The molecule has 108 valence electrons. The van der Waals surface area contributed by atoms with E-state index in [4.69, 9.17) is 18.0 Å². The summed E-state index contributed by atoms with van der Waals surface area (Å²) >= 11 is 5.16. The van der Waals surface area contributed by atoms with Gasteiger partial charge in [0.2, 0.25) is 0 Å². The van der Waals surface area contributed by atoms with Crippen molar-refractivity contribution in [2.75, 3.05) is 11.9 Å². The van der Waals surface area contributed by atoms with E-state index in [0.29, 0.717) is 4.99 Å². The van der Waals surface area contributed by atoms with E-state index in [-0.39, 0.29) is 0 Å². The lowest BCUT2D eigenvalue weighted by Crippen LogP contribution is -2.21. The number of nitrogens with two attached hydrogens (primary N) is 1. The van der Waals surface area contributed by atoms with Crippen LogP contribution in [0, 0.1) is 0 Å². The molecule has 0 fully saturated rings. The zero-order chi connectivity index (χ0) is 14.8. The molecule has 5 heteroatoms. The van der Waals surface area contributed by atoms with Crippen LogP contribution in [0.5, 0.6) is 0 Å². The lowest BCUT2D eigenvalue weighted by Gasteiger charge is -2.26. The van der Waals surface area contributed by atoms with Crippen molar-refractivity contribution in [3.05, 3.63) is 47.4 Å². The highest BCUT2D eigenvalue weighted by molar-refractivity contribution is 7.80. The fourth-order valence-electron chi connectivity index (χ4n) is 2.88. The smallest absolute Gasteiger partial charge is 0.139 e. The van der Waals surface area contributed by atoms with Crippen molar-refractivity contribution in [1.29, 1.82) is 0 Å². The molecule has 0 atom stereocenters. The Kier molecular flexibility index (Phi) is 3.84. The quantitative estimate of drug-likeness (QED) is 0.883. The molecule has 0 radical (unpaired) electrons. The van der Waals surface area contributed by atoms with E-state index in [2.05, 4.69) is 14.9 Å². The first-order valence-corrected chi connectivity index (χ1v) is 7.54. The van der Waals surface area contributed by atoms with Crippen LogP contribution in [0.1, 0.15) is 29.7 Å². The summed E-state index contributed by atoms with van der Waals surface area (Å²) in [6, 6.07) is 7.90. The average molecular weight is 298 g/mol. The minimum atomic E-state index is 0.403. The van der Waals surface area contributed by atoms with Crippen LogP contribution in [0.3, 0.4) is 0 Å². The van der Waals surface area contributed by atoms with Gasteiger partial charge in [-0.1, -0.05) is 24.4 Å². The number of aryl methyl sites for hydroxylation is 1. The maximum Gasteiger partial charge on any atom is 0.139 e. The number of hydrogen-bond acceptors (Lipinski definition) is 4. The van der Waals surface area contributed by atoms with Crippen LogP contribution in [0.25, 0.3) is 0 Å². The molecule has 1 aromatic carbocycles. The van der Waals surface area contributed by atoms with Gasteiger partial charge in [0.1, 0.15) is 17.1 Å². The third-order valence-corrected chi connectivity index (χ3v) is 4.17. The predicted octanol–water partition coefficient (Wildman–Crippen LogP) is 2.76. The number of para-hydroxylation sites is 1. The summed E-state index contributed by atoms with van der Waals surface area (Å²) in [6.45, 7) is 0. The molecule has 0 amide bonds. The Labute approximate surface area is 130 Å². The molecule has 1 aromatic heterocycles. The summed E-state index contributed by atoms with van der Waals surface area (Å²) < 4.78 is 0. The summed E-state index contributed by atoms with van der Waals surface area (Å²) in [6.07, 6.45) is 6.12. The highest BCUT2D eigenvalue weighted by atomic mass is 32.1. The normalized spacial score (nSPS) is 13.6. The van der Waals surface area contributed by atoms with Gasteiger partial charge in [-0.15, -0.1) is 0 Å². The fraction of sp³-hybridized carbons (Fsp3) is 0.312. The van der Waals surface area contributed by atoms with Crippen LogP contribution >= 0.6 is 12.2 Å². The van der Waals surface area contributed by atoms with Gasteiger partial charge in [-0.2, -0.15) is 0 Å². The van der Waals surface area contributed by atoms with Gasteiger partial charge in [-0.25, -0.2) is 9.97 Å². The van der Waals surface area contributed by atoms with Crippen molar-refractivity contribution in [2.24, 2.45) is 5.73 Å². The highest BCUT2D eigenvalue weighted by Crippen LogP contribution is 2.32. The van der Waals surface area contributed by atoms with Crippen LogP contribution in [-0.2, 0) is 12.8 Å². The van der Waals surface area contributed by atoms with Gasteiger partial charge < -0.3 is 10.6 Å². The number of rotatable bonds is 3. The van der Waals surface area contributed by atoms with Gasteiger partial charge in [0.25, 0.3) is 0 Å². The van der Waals surface area contributed by atoms with Crippen LogP contribution < -0.4 is 10.6 Å². The monoisotopic (exact) mass is 298 g/mol. The first-order chi connectivity index (χ1) is 10.2. The van der Waals surface area contributed by atoms with Crippen LogP contribution in [0.15, 0.2) is 30.6 Å². The molecule has 0 saturated heterocycles. The van der Waals surface area contributed by atoms with E-state index in [1.807, 2.05) is 31.3 Å². The molecule has 2 aromatic rings. The van der Waals surface area contributed by atoms with Gasteiger partial charge in [-0.05, 0) is 37.8 Å². The van der Waals surface area contributed by atoms with E-state index in [1.54, 1.807) is 6.33 Å². The first-order valence-electron chi connectivity index (χ1n) is 7.14. The minimum Gasteiger partial charge on any atom is -0.389 e. The molecule has 0 aliphatic heterocycles. The number of nitrogens with zero attached hydrogens (tertiary/aromatic N) is 3. The Bertz CT molecular complexity index is 684. The maximum atomic E-state index is 5.84. The molecule has 21 heavy (non-hydrogen) atoms. The summed E-state index contributed by atoms with van der Waals surface area (Å²) in [4.78, 5) is 11.4. The predicted molar refractivity (Wildman–Crippen MR) is 89.1 cm³/mol. The van der Waals surface area contributed by atoms with Gasteiger partial charge in [0.15, 0.2) is 0 Å². The van der Waals surface area contributed by atoms with E-state index in [1.165, 1.54) is 24.1 Å². The summed E-state index contributed by atoms with van der Waals surface area (Å²) in [7, 11) is 2.01. The minimum absolute atomic E-state index is 0.403. The number of anilines is 2. The molecule has 0 bridgehead atoms. The lowest BCUT2D eigenvalue weighted by molar-refractivity contribution is 0.661. The second-order valence-electron chi connectivity index (χ2n) is 5.27. The van der Waals surface area contributed by atoms with Gasteiger partial charge in [-0.3, -0.25) is 0 Å². The Morgan fingerprint density at radius 2 is 1.95 bits per heavy atom. The van der Waals surface area contributed by atoms with Crippen molar-refractivity contribution in [3.8, 4) is 0 Å². The standard InChI is InChI=1S/C16H18N4S/c1-20(14-9-5-3-7-12(14)15(17)21)16-11-6-2-4-8-13(11)18-10-19-16/h3,5,7,9-10H,2,4,6,8H2,1H3,(H2,17,21). The fourth-order valence-corrected chi connectivity index (χ4v) is 3.05. The second-order valence-corrected chi connectivity index (χ2v) is 5.71. The summed E-state index contributed by atoms with van der Waals surface area (Å²) in [5.41, 5.74) is 10.1. The number of thiocarbonyl (C=S) groups is 1. The molecular formula is C16H18N4S. The number of hydrogen-bond donors (Lipinski definition) is 1. The SMILES string of the molecule is CN(c1ccccc1C(N)=S)c1ncnc2c1CCCC2. The molecule has 3 rings (SSSR count). The molecule has 2 N–H and O–H groups in total. The molecular weight excluding hydrogens is 280 g/mol. The Balaban J connectivity index is 2.07. The summed E-state index contributed by atoms with van der Waals surface area (Å²) in [5, 5.41) is 0. The van der Waals surface area contributed by atoms with Gasteiger partial charge in [0.05, 0.1) is 5.69 Å². The number of benzene rings is 1. The van der Waals surface area contributed by atoms with E-state index in [0.717, 1.165) is 29.9 Å². The molecule has 1 heterocycles. The topological polar surface area (TPSA) is 55.0 Å². The van der Waals surface area contributed by atoms with E-state index < -0.39 is 0 Å². The molecule has 0 saturated carbocycles. The lowest BCUT2D eigenvalue weighted by atomic mass is 9.96. The van der Waals surface area contributed by atoms with Crippen molar-refractivity contribution in [2.45, 2.75) is 25.7 Å². The first kappa shape index (κ1) is 13.9. The molecule has 0 unspecified atom stereocenters. The van der Waals surface area contributed by atoms with E-state index >= 15 is 0 Å². The molecule has 0 spiro atoms. The largest absolute Gasteiger partial charge is 0.389 e. The second kappa shape index (κ2) is 5.77. The zero-order valence-corrected chi connectivity index (χ0v) is 12.9. The number of fused-ring (bicyclic) bond motifs is 1. The van der Waals surface area contributed by atoms with Crippen molar-refractivity contribution in [1.82, 2.24) is 9.97 Å². The Morgan fingerprint density at radius 1 is 1.19 bits per heavy atom. The van der Waals surface area contributed by atoms with Crippen LogP contribution in [0.4, 0.5) is 11.5 Å². The highest BCUT2D eigenvalue weighted by Gasteiger charge is 2.20. The van der Waals surface area contributed by atoms with Crippen molar-refractivity contribution < 1.29 is 0 Å². The molecule has 1 aliphatic carbocycles. The average Bonchev–Trinajstić information content (AvgIpc) is 2.53. The van der Waals surface area contributed by atoms with E-state index in [9.17, 15) is 0 Å². The van der Waals surface area contributed by atoms with Gasteiger partial charge >= 0.3 is 0 Å². The molecule has 4 nitrogen and oxygen atoms in total. The summed E-state index contributed by atoms with van der Waals surface area (Å²) in [5.74, 6) is 0.961. The van der Waals surface area contributed by atoms with Crippen molar-refractivity contribution >= 4 is 28.7 Å². The van der Waals surface area contributed by atoms with Crippen LogP contribution in [-0.4, -0.2) is 22.0 Å². The van der Waals surface area contributed by atoms with Gasteiger partial charge in [0, 0.05) is 23.9 Å². The van der Waals surface area contributed by atoms with Crippen LogP contribution in [0.2, 0.25) is 0 Å². The molecule has 1 aliphatic rings. The third kappa shape index (κ3) is 2.61. The Hall–Kier alpha value is -2.01. The maximum absolute atomic E-state index is 5.84. The Morgan fingerprint density at radius 3 is 2.76 bits per heavy atom. The third-order valence-electron chi connectivity index (χ3n) is 3.95. The zero-order valence-electron chi connectivity index (χ0n) is 12.0. The number of aromatic nitrogens is 2.